The van der Waals surface area contributed by atoms with Gasteiger partial charge in [-0.25, -0.2) is 15.2 Å². The summed E-state index contributed by atoms with van der Waals surface area (Å²) in [5, 5.41) is 0.732. The lowest BCUT2D eigenvalue weighted by Gasteiger charge is -2.03. The van der Waals surface area contributed by atoms with E-state index >= 15 is 0 Å². The second-order valence-electron chi connectivity index (χ2n) is 2.80. The first-order valence-corrected chi connectivity index (χ1v) is 4.72. The molecule has 0 radical (unpaired) electrons. The molecule has 0 saturated carbocycles. The summed E-state index contributed by atoms with van der Waals surface area (Å²) in [6.45, 7) is 0. The van der Waals surface area contributed by atoms with Crippen molar-refractivity contribution in [1.29, 1.82) is 0 Å². The minimum absolute atomic E-state index is 0.292. The fourth-order valence-electron chi connectivity index (χ4n) is 1.24. The Morgan fingerprint density at radius 3 is 2.86 bits per heavy atom. The fourth-order valence-corrected chi connectivity index (χ4v) is 1.77. The third-order valence-electron chi connectivity index (χ3n) is 1.86. The highest BCUT2D eigenvalue weighted by Crippen LogP contribution is 2.24. The van der Waals surface area contributed by atoms with E-state index in [1.165, 1.54) is 12.1 Å². The summed E-state index contributed by atoms with van der Waals surface area (Å²) in [6.07, 6.45) is 0. The van der Waals surface area contributed by atoms with Gasteiger partial charge in [0.2, 0.25) is 0 Å². The van der Waals surface area contributed by atoms with Crippen LogP contribution < -0.4 is 11.3 Å². The van der Waals surface area contributed by atoms with E-state index in [2.05, 4.69) is 26.3 Å². The molecule has 72 valence electrons. The molecule has 0 fully saturated rings. The van der Waals surface area contributed by atoms with Crippen LogP contribution in [0.5, 0.6) is 0 Å². The van der Waals surface area contributed by atoms with Gasteiger partial charge in [0, 0.05) is 9.86 Å². The van der Waals surface area contributed by atoms with Crippen molar-refractivity contribution in [3.8, 4) is 0 Å². The van der Waals surface area contributed by atoms with Gasteiger partial charge in [-0.15, -0.1) is 0 Å². The van der Waals surface area contributed by atoms with Gasteiger partial charge >= 0.3 is 0 Å². The molecule has 2 aromatic rings. The molecule has 0 saturated heterocycles. The Hall–Kier alpha value is -1.20. The molecule has 1 aromatic heterocycles. The van der Waals surface area contributed by atoms with Gasteiger partial charge in [-0.1, -0.05) is 0 Å². The molecule has 5 heteroatoms. The van der Waals surface area contributed by atoms with E-state index in [-0.39, 0.29) is 5.82 Å². The molecule has 2 rings (SSSR count). The number of fused-ring (bicyclic) bond motifs is 1. The molecular formula is C9H7BrFN3. The summed E-state index contributed by atoms with van der Waals surface area (Å²) >= 11 is 3.24. The predicted molar refractivity (Wildman–Crippen MR) is 57.2 cm³/mol. The average Bonchev–Trinajstić information content (AvgIpc) is 2.17. The van der Waals surface area contributed by atoms with E-state index in [4.69, 9.17) is 5.84 Å². The molecule has 0 amide bonds. The van der Waals surface area contributed by atoms with Crippen molar-refractivity contribution in [3.05, 3.63) is 34.6 Å². The van der Waals surface area contributed by atoms with Crippen molar-refractivity contribution in [1.82, 2.24) is 4.98 Å². The van der Waals surface area contributed by atoms with Crippen LogP contribution in [0.1, 0.15) is 0 Å². The van der Waals surface area contributed by atoms with Gasteiger partial charge in [-0.3, -0.25) is 0 Å². The fraction of sp³-hybridized carbons (Fsp3) is 0. The Morgan fingerprint density at radius 1 is 1.36 bits per heavy atom. The lowest BCUT2D eigenvalue weighted by atomic mass is 10.2. The minimum Gasteiger partial charge on any atom is -0.308 e. The number of hydrogen-bond donors (Lipinski definition) is 2. The minimum atomic E-state index is -0.292. The first kappa shape index (κ1) is 9.36. The van der Waals surface area contributed by atoms with Crippen molar-refractivity contribution in [2.75, 3.05) is 5.43 Å². The van der Waals surface area contributed by atoms with Crippen LogP contribution in [0.2, 0.25) is 0 Å². The Balaban J connectivity index is 2.75. The molecule has 3 nitrogen and oxygen atoms in total. The summed E-state index contributed by atoms with van der Waals surface area (Å²) < 4.78 is 13.6. The van der Waals surface area contributed by atoms with Gasteiger partial charge in [0.05, 0.1) is 5.52 Å². The standard InChI is InChI=1S/C9H7BrFN3/c10-7-4-6(11)3-5-1-2-8(14-12)13-9(5)7/h1-4H,12H2,(H,13,14). The highest BCUT2D eigenvalue weighted by atomic mass is 79.9. The van der Waals surface area contributed by atoms with Gasteiger partial charge in [0.1, 0.15) is 11.6 Å². The van der Waals surface area contributed by atoms with Crippen molar-refractivity contribution in [2.24, 2.45) is 5.84 Å². The maximum atomic E-state index is 13.0. The molecule has 0 unspecified atom stereocenters. The Kier molecular flexibility index (Phi) is 2.35. The van der Waals surface area contributed by atoms with Crippen molar-refractivity contribution >= 4 is 32.7 Å². The van der Waals surface area contributed by atoms with Gasteiger partial charge < -0.3 is 5.43 Å². The maximum absolute atomic E-state index is 13.0. The van der Waals surface area contributed by atoms with Crippen LogP contribution >= 0.6 is 15.9 Å². The molecule has 0 bridgehead atoms. The van der Waals surface area contributed by atoms with Gasteiger partial charge in [0.15, 0.2) is 0 Å². The van der Waals surface area contributed by atoms with Crippen LogP contribution in [0.15, 0.2) is 28.7 Å². The van der Waals surface area contributed by atoms with Crippen LogP contribution in [-0.4, -0.2) is 4.98 Å². The zero-order valence-corrected chi connectivity index (χ0v) is 8.68. The first-order valence-electron chi connectivity index (χ1n) is 3.93. The number of nitrogens with two attached hydrogens (primary N) is 1. The molecule has 0 atom stereocenters. The summed E-state index contributed by atoms with van der Waals surface area (Å²) in [7, 11) is 0. The normalized spacial score (nSPS) is 10.5. The molecule has 0 aliphatic heterocycles. The smallest absolute Gasteiger partial charge is 0.140 e. The van der Waals surface area contributed by atoms with E-state index in [0.717, 1.165) is 5.39 Å². The number of hydrogen-bond acceptors (Lipinski definition) is 3. The second-order valence-corrected chi connectivity index (χ2v) is 3.65. The molecule has 0 aliphatic carbocycles. The molecule has 14 heavy (non-hydrogen) atoms. The largest absolute Gasteiger partial charge is 0.308 e. The number of nitrogens with zero attached hydrogens (tertiary/aromatic N) is 1. The lowest BCUT2D eigenvalue weighted by molar-refractivity contribution is 0.629. The zero-order valence-electron chi connectivity index (χ0n) is 7.09. The van der Waals surface area contributed by atoms with Crippen molar-refractivity contribution in [3.63, 3.8) is 0 Å². The highest BCUT2D eigenvalue weighted by molar-refractivity contribution is 9.10. The molecule has 0 spiro atoms. The van der Waals surface area contributed by atoms with Gasteiger partial charge in [0.25, 0.3) is 0 Å². The number of pyridine rings is 1. The Labute approximate surface area is 88.2 Å². The van der Waals surface area contributed by atoms with Crippen LogP contribution in [0, 0.1) is 5.82 Å². The SMILES string of the molecule is NNc1ccc2cc(F)cc(Br)c2n1. The number of hydrazine groups is 1. The number of anilines is 1. The number of benzene rings is 1. The van der Waals surface area contributed by atoms with E-state index in [0.29, 0.717) is 15.8 Å². The number of nitrogen functional groups attached to an aromatic ring is 1. The average molecular weight is 256 g/mol. The number of halogens is 2. The monoisotopic (exact) mass is 255 g/mol. The highest BCUT2D eigenvalue weighted by Gasteiger charge is 2.03. The van der Waals surface area contributed by atoms with Crippen LogP contribution in [0.3, 0.4) is 0 Å². The van der Waals surface area contributed by atoms with E-state index in [1.807, 2.05) is 0 Å². The predicted octanol–water partition coefficient (Wildman–Crippen LogP) is 2.42. The van der Waals surface area contributed by atoms with Crippen molar-refractivity contribution < 1.29 is 4.39 Å². The van der Waals surface area contributed by atoms with Crippen LogP contribution in [0.25, 0.3) is 10.9 Å². The molecule has 1 heterocycles. The summed E-state index contributed by atoms with van der Waals surface area (Å²) in [6, 6.07) is 6.24. The number of nitrogens with one attached hydrogen (secondary N) is 1. The topological polar surface area (TPSA) is 50.9 Å². The van der Waals surface area contributed by atoms with Gasteiger partial charge in [-0.05, 0) is 40.2 Å². The molecular weight excluding hydrogens is 249 g/mol. The summed E-state index contributed by atoms with van der Waals surface area (Å²) in [4.78, 5) is 4.18. The Morgan fingerprint density at radius 2 is 2.14 bits per heavy atom. The quantitative estimate of drug-likeness (QED) is 0.608. The second kappa shape index (κ2) is 3.51. The summed E-state index contributed by atoms with van der Waals surface area (Å²) in [5.41, 5.74) is 3.12. The van der Waals surface area contributed by atoms with Gasteiger partial charge in [-0.2, -0.15) is 0 Å². The lowest BCUT2D eigenvalue weighted by Crippen LogP contribution is -2.08. The molecule has 3 N–H and O–H groups in total. The van der Waals surface area contributed by atoms with Crippen LogP contribution in [0.4, 0.5) is 10.2 Å². The van der Waals surface area contributed by atoms with Crippen LogP contribution in [-0.2, 0) is 0 Å². The third-order valence-corrected chi connectivity index (χ3v) is 2.46. The Bertz CT molecular complexity index is 487. The van der Waals surface area contributed by atoms with E-state index in [9.17, 15) is 4.39 Å². The van der Waals surface area contributed by atoms with Crippen molar-refractivity contribution in [2.45, 2.75) is 0 Å². The first-order chi connectivity index (χ1) is 6.70. The summed E-state index contributed by atoms with van der Waals surface area (Å²) in [5.74, 6) is 5.47. The molecule has 1 aromatic carbocycles. The van der Waals surface area contributed by atoms with E-state index in [1.54, 1.807) is 12.1 Å². The zero-order chi connectivity index (χ0) is 10.1. The maximum Gasteiger partial charge on any atom is 0.140 e. The molecule has 0 aliphatic rings. The number of aromatic nitrogens is 1. The third kappa shape index (κ3) is 1.56. The number of rotatable bonds is 1. The van der Waals surface area contributed by atoms with E-state index < -0.39 is 0 Å².